The molecule has 0 aliphatic carbocycles. The number of carboxylic acid groups (broad SMARTS) is 1. The van der Waals surface area contributed by atoms with E-state index in [0.29, 0.717) is 29.7 Å². The molecule has 0 aliphatic rings. The van der Waals surface area contributed by atoms with Crippen LogP contribution < -0.4 is 4.74 Å². The Kier molecular flexibility index (Phi) is 6.23. The first-order valence-electron chi connectivity index (χ1n) is 8.38. The van der Waals surface area contributed by atoms with E-state index in [1.807, 2.05) is 44.2 Å². The van der Waals surface area contributed by atoms with Gasteiger partial charge in [0.2, 0.25) is 0 Å². The minimum atomic E-state index is -1.18. The van der Waals surface area contributed by atoms with Crippen LogP contribution in [-0.2, 0) is 6.42 Å². The van der Waals surface area contributed by atoms with Crippen LogP contribution in [0.25, 0.3) is 12.2 Å². The molecule has 0 amide bonds. The van der Waals surface area contributed by atoms with Gasteiger partial charge in [-0.1, -0.05) is 47.6 Å². The second-order valence-electron chi connectivity index (χ2n) is 6.38. The fourth-order valence-electron chi connectivity index (χ4n) is 2.78. The molecule has 0 atom stereocenters. The van der Waals surface area contributed by atoms with Crippen molar-refractivity contribution in [3.8, 4) is 11.5 Å². The predicted octanol–water partition coefficient (Wildman–Crippen LogP) is 5.09. The first-order valence-corrected chi connectivity index (χ1v) is 8.38. The van der Waals surface area contributed by atoms with Gasteiger partial charge in [0.15, 0.2) is 0 Å². The topological polar surface area (TPSA) is 66.8 Å². The molecule has 0 fully saturated rings. The van der Waals surface area contributed by atoms with Gasteiger partial charge in [-0.2, -0.15) is 0 Å². The summed E-state index contributed by atoms with van der Waals surface area (Å²) in [4.78, 5) is 11.7. The van der Waals surface area contributed by atoms with Crippen LogP contribution >= 0.6 is 0 Å². The Hall–Kier alpha value is -3.01. The molecule has 2 N–H and O–H groups in total. The van der Waals surface area contributed by atoms with Gasteiger partial charge in [-0.05, 0) is 43.9 Å². The molecule has 0 unspecified atom stereocenters. The quantitative estimate of drug-likeness (QED) is 0.538. The molecule has 2 aromatic carbocycles. The summed E-state index contributed by atoms with van der Waals surface area (Å²) in [5.74, 6) is -0.953. The lowest BCUT2D eigenvalue weighted by Gasteiger charge is -2.15. The van der Waals surface area contributed by atoms with Gasteiger partial charge in [0.1, 0.15) is 17.1 Å². The van der Waals surface area contributed by atoms with Crippen LogP contribution in [0.5, 0.6) is 11.5 Å². The average molecular weight is 352 g/mol. The number of methoxy groups -OCH3 is 1. The number of carboxylic acids is 1. The van der Waals surface area contributed by atoms with Gasteiger partial charge in [0.05, 0.1) is 7.11 Å². The number of aryl methyl sites for hydroxylation is 1. The zero-order chi connectivity index (χ0) is 19.3. The van der Waals surface area contributed by atoms with Crippen LogP contribution in [0.3, 0.4) is 0 Å². The Morgan fingerprint density at radius 2 is 2.00 bits per heavy atom. The molecule has 4 nitrogen and oxygen atoms in total. The monoisotopic (exact) mass is 352 g/mol. The Bertz CT molecular complexity index is 863. The molecule has 0 radical (unpaired) electrons. The molecule has 0 spiro atoms. The second-order valence-corrected chi connectivity index (χ2v) is 6.38. The van der Waals surface area contributed by atoms with Gasteiger partial charge in [-0.25, -0.2) is 4.79 Å². The highest BCUT2D eigenvalue weighted by Crippen LogP contribution is 2.36. The summed E-state index contributed by atoms with van der Waals surface area (Å²) < 4.78 is 5.39. The van der Waals surface area contributed by atoms with E-state index in [0.717, 1.165) is 16.7 Å². The summed E-state index contributed by atoms with van der Waals surface area (Å²) in [6.45, 7) is 7.73. The minimum absolute atomic E-state index is 0.119. The van der Waals surface area contributed by atoms with Gasteiger partial charge in [0.25, 0.3) is 0 Å². The highest BCUT2D eigenvalue weighted by molar-refractivity contribution is 5.97. The van der Waals surface area contributed by atoms with Crippen molar-refractivity contribution < 1.29 is 19.7 Å². The van der Waals surface area contributed by atoms with Crippen molar-refractivity contribution in [1.29, 1.82) is 0 Å². The van der Waals surface area contributed by atoms with Gasteiger partial charge in [-0.15, -0.1) is 6.58 Å². The van der Waals surface area contributed by atoms with Crippen LogP contribution in [0.4, 0.5) is 0 Å². The maximum absolute atomic E-state index is 11.7. The first kappa shape index (κ1) is 19.3. The van der Waals surface area contributed by atoms with Crippen LogP contribution in [-0.4, -0.2) is 23.3 Å². The molecular formula is C22H24O4. The summed E-state index contributed by atoms with van der Waals surface area (Å²) in [7, 11) is 1.51. The summed E-state index contributed by atoms with van der Waals surface area (Å²) >= 11 is 0. The molecule has 2 aromatic rings. The first-order chi connectivity index (χ1) is 12.3. The van der Waals surface area contributed by atoms with Crippen molar-refractivity contribution in [2.75, 3.05) is 7.11 Å². The van der Waals surface area contributed by atoms with Crippen LogP contribution in [0, 0.1) is 6.92 Å². The van der Waals surface area contributed by atoms with Crippen LogP contribution in [0.2, 0.25) is 0 Å². The minimum Gasteiger partial charge on any atom is -0.507 e. The van der Waals surface area contributed by atoms with Gasteiger partial charge < -0.3 is 14.9 Å². The molecule has 0 bridgehead atoms. The lowest BCUT2D eigenvalue weighted by Crippen LogP contribution is -2.05. The largest absolute Gasteiger partial charge is 0.507 e. The van der Waals surface area contributed by atoms with E-state index in [4.69, 9.17) is 4.74 Å². The van der Waals surface area contributed by atoms with E-state index >= 15 is 0 Å². The van der Waals surface area contributed by atoms with Crippen molar-refractivity contribution in [1.82, 2.24) is 0 Å². The molecular weight excluding hydrogens is 328 g/mol. The predicted molar refractivity (Wildman–Crippen MR) is 105 cm³/mol. The number of rotatable bonds is 7. The molecule has 0 aromatic heterocycles. The number of carbonyl (C=O) groups is 1. The zero-order valence-corrected chi connectivity index (χ0v) is 15.4. The van der Waals surface area contributed by atoms with E-state index in [1.54, 1.807) is 12.1 Å². The number of aromatic carboxylic acids is 1. The number of hydrogen-bond acceptors (Lipinski definition) is 3. The zero-order valence-electron chi connectivity index (χ0n) is 15.4. The normalized spacial score (nSPS) is 10.9. The smallest absolute Gasteiger partial charge is 0.340 e. The lowest BCUT2D eigenvalue weighted by molar-refractivity contribution is 0.0693. The fourth-order valence-corrected chi connectivity index (χ4v) is 2.78. The standard InChI is InChI=1S/C22H24O4/c1-14(2)8-11-18-19(26-4)13-17(20(21(18)23)22(24)25)10-9-16-7-5-6-15(3)12-16/h5-7,9-10,12-13,23H,1,8,11H2,2-4H3,(H,24,25). The molecule has 0 heterocycles. The molecule has 26 heavy (non-hydrogen) atoms. The molecule has 0 saturated heterocycles. The van der Waals surface area contributed by atoms with Gasteiger partial charge >= 0.3 is 5.97 Å². The third-order valence-corrected chi connectivity index (χ3v) is 4.13. The maximum atomic E-state index is 11.7. The Morgan fingerprint density at radius 1 is 1.27 bits per heavy atom. The van der Waals surface area contributed by atoms with Crippen molar-refractivity contribution in [2.24, 2.45) is 0 Å². The molecule has 0 saturated carbocycles. The SMILES string of the molecule is C=C(C)CCc1c(OC)cc(C=Cc2cccc(C)c2)c(C(=O)O)c1O. The van der Waals surface area contributed by atoms with Crippen molar-refractivity contribution in [3.05, 3.63) is 70.3 Å². The van der Waals surface area contributed by atoms with E-state index in [2.05, 4.69) is 6.58 Å². The molecule has 4 heteroatoms. The Labute approximate surface area is 154 Å². The highest BCUT2D eigenvalue weighted by Gasteiger charge is 2.21. The summed E-state index contributed by atoms with van der Waals surface area (Å²) in [6, 6.07) is 9.51. The summed E-state index contributed by atoms with van der Waals surface area (Å²) in [6.07, 6.45) is 4.61. The third-order valence-electron chi connectivity index (χ3n) is 4.13. The number of aromatic hydroxyl groups is 1. The fraction of sp³-hybridized carbons (Fsp3) is 0.227. The van der Waals surface area contributed by atoms with Crippen molar-refractivity contribution in [3.63, 3.8) is 0 Å². The lowest BCUT2D eigenvalue weighted by atomic mass is 9.96. The van der Waals surface area contributed by atoms with Crippen molar-refractivity contribution in [2.45, 2.75) is 26.7 Å². The summed E-state index contributed by atoms with van der Waals surface area (Å²) in [5, 5.41) is 20.2. The van der Waals surface area contributed by atoms with E-state index in [1.165, 1.54) is 7.11 Å². The number of benzene rings is 2. The second kappa shape index (κ2) is 8.39. The Morgan fingerprint density at radius 3 is 2.58 bits per heavy atom. The van der Waals surface area contributed by atoms with Crippen molar-refractivity contribution >= 4 is 18.1 Å². The number of hydrogen-bond donors (Lipinski definition) is 2. The Balaban J connectivity index is 2.53. The van der Waals surface area contributed by atoms with E-state index < -0.39 is 5.97 Å². The summed E-state index contributed by atoms with van der Waals surface area (Å²) in [5.41, 5.74) is 3.78. The molecule has 0 aliphatic heterocycles. The number of allylic oxidation sites excluding steroid dienone is 1. The van der Waals surface area contributed by atoms with Crippen LogP contribution in [0.15, 0.2) is 42.5 Å². The van der Waals surface area contributed by atoms with Crippen LogP contribution in [0.1, 0.15) is 46.0 Å². The van der Waals surface area contributed by atoms with Gasteiger partial charge in [-0.3, -0.25) is 0 Å². The molecule has 2 rings (SSSR count). The number of ether oxygens (including phenoxy) is 1. The van der Waals surface area contributed by atoms with Gasteiger partial charge in [0, 0.05) is 5.56 Å². The maximum Gasteiger partial charge on any atom is 0.340 e. The third kappa shape index (κ3) is 4.54. The van der Waals surface area contributed by atoms with E-state index in [9.17, 15) is 15.0 Å². The molecule has 136 valence electrons. The average Bonchev–Trinajstić information content (AvgIpc) is 2.57. The number of phenols is 1. The highest BCUT2D eigenvalue weighted by atomic mass is 16.5. The van der Waals surface area contributed by atoms with E-state index in [-0.39, 0.29) is 11.3 Å².